The van der Waals surface area contributed by atoms with Gasteiger partial charge in [-0.2, -0.15) is 15.3 Å². The van der Waals surface area contributed by atoms with Crippen molar-refractivity contribution in [2.45, 2.75) is 47.3 Å². The normalized spacial score (nSPS) is 11.0. The van der Waals surface area contributed by atoms with Gasteiger partial charge in [0.25, 0.3) is 0 Å². The molecule has 0 atom stereocenters. The van der Waals surface area contributed by atoms with E-state index in [2.05, 4.69) is 20.6 Å². The van der Waals surface area contributed by atoms with E-state index in [4.69, 9.17) is 5.11 Å². The number of carboxylic acid groups (broad SMARTS) is 1. The number of aromatic carboxylic acids is 1. The smallest absolute Gasteiger partial charge is 0.354 e. The van der Waals surface area contributed by atoms with Gasteiger partial charge in [-0.25, -0.2) is 14.2 Å². The second-order valence-corrected chi connectivity index (χ2v) is 6.66. The first kappa shape index (κ1) is 19.3. The summed E-state index contributed by atoms with van der Waals surface area (Å²) in [5.41, 5.74) is 4.21. The summed E-state index contributed by atoms with van der Waals surface area (Å²) in [6.45, 7) is 8.27. The Balaban J connectivity index is 1.67. The van der Waals surface area contributed by atoms with Gasteiger partial charge in [-0.3, -0.25) is 9.48 Å². The molecular weight excluding hydrogens is 362 g/mol. The van der Waals surface area contributed by atoms with Gasteiger partial charge in [-0.1, -0.05) is 0 Å². The van der Waals surface area contributed by atoms with Gasteiger partial charge in [0.1, 0.15) is 12.4 Å². The zero-order valence-corrected chi connectivity index (χ0v) is 16.3. The Hall–Kier alpha value is -3.43. The lowest BCUT2D eigenvalue weighted by molar-refractivity contribution is -0.116. The molecule has 0 saturated carbocycles. The maximum atomic E-state index is 12.4. The van der Waals surface area contributed by atoms with Crippen LogP contribution in [0.1, 0.15) is 39.7 Å². The monoisotopic (exact) mass is 385 g/mol. The van der Waals surface area contributed by atoms with E-state index in [1.54, 1.807) is 4.68 Å². The average Bonchev–Trinajstić information content (AvgIpc) is 3.28. The minimum atomic E-state index is -1.07. The number of aryl methyl sites for hydroxylation is 4. The van der Waals surface area contributed by atoms with Crippen LogP contribution in [0.15, 0.2) is 18.3 Å². The number of hydrogen-bond acceptors (Lipinski definition) is 5. The average molecular weight is 385 g/mol. The molecule has 3 rings (SSSR count). The predicted molar refractivity (Wildman–Crippen MR) is 101 cm³/mol. The van der Waals surface area contributed by atoms with E-state index in [9.17, 15) is 9.59 Å². The number of carbonyl (C=O) groups is 2. The summed E-state index contributed by atoms with van der Waals surface area (Å²) >= 11 is 0. The van der Waals surface area contributed by atoms with Crippen LogP contribution in [0.4, 0.5) is 5.69 Å². The number of amides is 1. The molecule has 148 valence electrons. The van der Waals surface area contributed by atoms with Crippen molar-refractivity contribution in [3.63, 3.8) is 0 Å². The van der Waals surface area contributed by atoms with E-state index in [-0.39, 0.29) is 24.6 Å². The van der Waals surface area contributed by atoms with Crippen LogP contribution >= 0.6 is 0 Å². The number of anilines is 1. The van der Waals surface area contributed by atoms with Crippen molar-refractivity contribution in [3.05, 3.63) is 46.8 Å². The lowest BCUT2D eigenvalue weighted by Crippen LogP contribution is -2.18. The first-order valence-electron chi connectivity index (χ1n) is 8.86. The van der Waals surface area contributed by atoms with Crippen molar-refractivity contribution < 1.29 is 14.7 Å². The van der Waals surface area contributed by atoms with Crippen molar-refractivity contribution >= 4 is 17.6 Å². The summed E-state index contributed by atoms with van der Waals surface area (Å²) in [6, 6.07) is 3.40. The predicted octanol–water partition coefficient (Wildman–Crippen LogP) is 1.74. The van der Waals surface area contributed by atoms with E-state index in [1.807, 2.05) is 38.4 Å². The van der Waals surface area contributed by atoms with Crippen molar-refractivity contribution in [3.8, 4) is 0 Å². The van der Waals surface area contributed by atoms with E-state index in [0.717, 1.165) is 17.1 Å². The number of aromatic nitrogens is 6. The van der Waals surface area contributed by atoms with Crippen molar-refractivity contribution in [1.82, 2.24) is 29.3 Å². The van der Waals surface area contributed by atoms with Crippen LogP contribution in [-0.4, -0.2) is 46.3 Å². The Morgan fingerprint density at radius 2 is 1.86 bits per heavy atom. The summed E-state index contributed by atoms with van der Waals surface area (Å²) in [5.74, 6) is -1.31. The molecule has 0 aliphatic rings. The molecule has 3 aromatic rings. The summed E-state index contributed by atoms with van der Waals surface area (Å²) in [7, 11) is 0. The van der Waals surface area contributed by atoms with E-state index >= 15 is 0 Å². The number of rotatable bonds is 7. The molecule has 0 aliphatic heterocycles. The van der Waals surface area contributed by atoms with E-state index < -0.39 is 5.97 Å². The number of hydrogen-bond donors (Lipinski definition) is 2. The van der Waals surface area contributed by atoms with Crippen LogP contribution in [0.5, 0.6) is 0 Å². The molecule has 0 radical (unpaired) electrons. The lowest BCUT2D eigenvalue weighted by atomic mass is 10.3. The molecule has 3 aromatic heterocycles. The van der Waals surface area contributed by atoms with Crippen molar-refractivity contribution in [2.24, 2.45) is 0 Å². The summed E-state index contributed by atoms with van der Waals surface area (Å²) < 4.78 is 4.94. The van der Waals surface area contributed by atoms with Crippen LogP contribution in [0.3, 0.4) is 0 Å². The minimum Gasteiger partial charge on any atom is -0.477 e. The topological polar surface area (TPSA) is 120 Å². The fraction of sp³-hybridized carbons (Fsp3) is 0.389. The zero-order valence-electron chi connectivity index (χ0n) is 16.3. The van der Waals surface area contributed by atoms with Gasteiger partial charge in [0, 0.05) is 18.3 Å². The number of carbonyl (C=O) groups excluding carboxylic acids is 1. The van der Waals surface area contributed by atoms with Crippen LogP contribution in [-0.2, 0) is 18.0 Å². The van der Waals surface area contributed by atoms with E-state index in [1.165, 1.54) is 16.9 Å². The first-order valence-corrected chi connectivity index (χ1v) is 8.86. The van der Waals surface area contributed by atoms with Gasteiger partial charge in [-0.15, -0.1) is 0 Å². The highest BCUT2D eigenvalue weighted by molar-refractivity contribution is 5.92. The highest BCUT2D eigenvalue weighted by Crippen LogP contribution is 2.20. The summed E-state index contributed by atoms with van der Waals surface area (Å²) in [4.78, 5) is 23.5. The second-order valence-electron chi connectivity index (χ2n) is 6.66. The highest BCUT2D eigenvalue weighted by Gasteiger charge is 2.16. The third-order valence-electron chi connectivity index (χ3n) is 4.50. The van der Waals surface area contributed by atoms with E-state index in [0.29, 0.717) is 18.1 Å². The second kappa shape index (κ2) is 7.67. The maximum Gasteiger partial charge on any atom is 0.354 e. The minimum absolute atomic E-state index is 0.0536. The van der Waals surface area contributed by atoms with Gasteiger partial charge in [-0.05, 0) is 39.8 Å². The standard InChI is InChI=1S/C18H23N7O3/c1-11-9-12(2)24(21-11)10-25-14(4)17(13(3)22-25)20-16(26)6-8-23-15(18(27)28)5-7-19-23/h5,7,9H,6,8,10H2,1-4H3,(H,20,26)(H,27,28). The zero-order chi connectivity index (χ0) is 20.4. The molecule has 0 unspecified atom stereocenters. The SMILES string of the molecule is Cc1cc(C)n(Cn2nc(C)c(NC(=O)CCn3nccc3C(=O)O)c2C)n1. The summed E-state index contributed by atoms with van der Waals surface area (Å²) in [5, 5.41) is 24.9. The number of nitrogens with zero attached hydrogens (tertiary/aromatic N) is 6. The van der Waals surface area contributed by atoms with Gasteiger partial charge in [0.05, 0.1) is 29.3 Å². The van der Waals surface area contributed by atoms with Gasteiger partial charge in [0.2, 0.25) is 5.91 Å². The van der Waals surface area contributed by atoms with Crippen molar-refractivity contribution in [2.75, 3.05) is 5.32 Å². The van der Waals surface area contributed by atoms with Crippen LogP contribution in [0, 0.1) is 27.7 Å². The Kier molecular flexibility index (Phi) is 5.30. The molecule has 0 saturated heterocycles. The molecule has 10 nitrogen and oxygen atoms in total. The molecule has 0 bridgehead atoms. The first-order chi connectivity index (χ1) is 13.3. The molecule has 2 N–H and O–H groups in total. The molecular formula is C18H23N7O3. The molecule has 10 heteroatoms. The molecule has 3 heterocycles. The van der Waals surface area contributed by atoms with Crippen LogP contribution < -0.4 is 5.32 Å². The Morgan fingerprint density at radius 1 is 1.11 bits per heavy atom. The Morgan fingerprint density at radius 3 is 2.50 bits per heavy atom. The molecule has 0 aliphatic carbocycles. The molecule has 0 spiro atoms. The third kappa shape index (κ3) is 3.95. The highest BCUT2D eigenvalue weighted by atomic mass is 16.4. The molecule has 28 heavy (non-hydrogen) atoms. The Labute approximate surface area is 161 Å². The third-order valence-corrected chi connectivity index (χ3v) is 4.50. The largest absolute Gasteiger partial charge is 0.477 e. The van der Waals surface area contributed by atoms with Gasteiger partial charge >= 0.3 is 5.97 Å². The maximum absolute atomic E-state index is 12.4. The molecule has 0 fully saturated rings. The van der Waals surface area contributed by atoms with Crippen LogP contribution in [0.25, 0.3) is 0 Å². The number of carboxylic acids is 1. The Bertz CT molecular complexity index is 1030. The number of nitrogens with one attached hydrogen (secondary N) is 1. The summed E-state index contributed by atoms with van der Waals surface area (Å²) in [6.07, 6.45) is 1.50. The molecule has 0 aromatic carbocycles. The fourth-order valence-electron chi connectivity index (χ4n) is 3.06. The lowest BCUT2D eigenvalue weighted by Gasteiger charge is -2.09. The van der Waals surface area contributed by atoms with Crippen LogP contribution in [0.2, 0.25) is 0 Å². The fourth-order valence-corrected chi connectivity index (χ4v) is 3.06. The molecule has 1 amide bonds. The quantitative estimate of drug-likeness (QED) is 0.639. The van der Waals surface area contributed by atoms with Crippen molar-refractivity contribution in [1.29, 1.82) is 0 Å². The van der Waals surface area contributed by atoms with Gasteiger partial charge in [0.15, 0.2) is 0 Å². The van der Waals surface area contributed by atoms with Gasteiger partial charge < -0.3 is 10.4 Å².